The molecule has 1 aromatic carbocycles. The molecule has 1 aliphatic heterocycles. The van der Waals surface area contributed by atoms with Crippen LogP contribution in [0.3, 0.4) is 0 Å². The molecule has 1 fully saturated rings. The van der Waals surface area contributed by atoms with Crippen LogP contribution < -0.4 is 16.4 Å². The van der Waals surface area contributed by atoms with E-state index in [1.54, 1.807) is 12.1 Å². The highest BCUT2D eigenvalue weighted by atomic mass is 16.1. The van der Waals surface area contributed by atoms with E-state index < -0.39 is 5.91 Å². The molecule has 0 saturated carbocycles. The normalized spacial score (nSPS) is 16.8. The van der Waals surface area contributed by atoms with Crippen LogP contribution in [-0.2, 0) is 0 Å². The molecule has 18 heavy (non-hydrogen) atoms. The number of nitrogen functional groups attached to an aromatic ring is 1. The molecule has 1 aromatic rings. The Kier molecular flexibility index (Phi) is 3.75. The summed E-state index contributed by atoms with van der Waals surface area (Å²) >= 11 is 0. The molecule has 0 spiro atoms. The molecule has 4 heteroatoms. The van der Waals surface area contributed by atoms with Gasteiger partial charge in [0.25, 0.3) is 0 Å². The maximum Gasteiger partial charge on any atom is 0.248 e. The summed E-state index contributed by atoms with van der Waals surface area (Å²) in [6.45, 7) is 4.25. The summed E-state index contributed by atoms with van der Waals surface area (Å²) in [5.74, 6) is 0.418. The van der Waals surface area contributed by atoms with Crippen LogP contribution in [-0.4, -0.2) is 19.0 Å². The molecule has 0 bridgehead atoms. The Balaban J connectivity index is 2.18. The van der Waals surface area contributed by atoms with Crippen molar-refractivity contribution in [2.75, 3.05) is 23.7 Å². The molecule has 0 unspecified atom stereocenters. The molecule has 4 N–H and O–H groups in total. The van der Waals surface area contributed by atoms with Crippen molar-refractivity contribution in [2.45, 2.75) is 26.2 Å². The first kappa shape index (κ1) is 12.7. The number of anilines is 2. The molecule has 0 atom stereocenters. The Bertz CT molecular complexity index is 437. The maximum absolute atomic E-state index is 11.2. The molecule has 1 heterocycles. The van der Waals surface area contributed by atoms with Crippen LogP contribution in [0.15, 0.2) is 18.2 Å². The zero-order chi connectivity index (χ0) is 13.1. The van der Waals surface area contributed by atoms with Crippen LogP contribution in [0.2, 0.25) is 0 Å². The van der Waals surface area contributed by atoms with Crippen LogP contribution in [0.1, 0.15) is 36.5 Å². The predicted molar refractivity (Wildman–Crippen MR) is 74.6 cm³/mol. The van der Waals surface area contributed by atoms with Gasteiger partial charge in [-0.1, -0.05) is 13.3 Å². The Morgan fingerprint density at radius 2 is 2.06 bits per heavy atom. The van der Waals surface area contributed by atoms with Gasteiger partial charge < -0.3 is 16.4 Å². The molecule has 98 valence electrons. The quantitative estimate of drug-likeness (QED) is 0.802. The highest BCUT2D eigenvalue weighted by molar-refractivity contribution is 5.95. The molecule has 1 amide bonds. The van der Waals surface area contributed by atoms with Crippen molar-refractivity contribution in [3.8, 4) is 0 Å². The van der Waals surface area contributed by atoms with Crippen molar-refractivity contribution in [1.29, 1.82) is 0 Å². The number of nitrogens with zero attached hydrogens (tertiary/aromatic N) is 1. The number of benzene rings is 1. The Morgan fingerprint density at radius 3 is 2.61 bits per heavy atom. The van der Waals surface area contributed by atoms with Crippen molar-refractivity contribution >= 4 is 17.3 Å². The standard InChI is InChI=1S/C14H21N3O/c1-2-10-5-7-17(8-6-10)13-9-11(14(16)18)3-4-12(13)15/h3-4,9-10H,2,5-8,15H2,1H3,(H2,16,18). The Morgan fingerprint density at radius 1 is 1.39 bits per heavy atom. The number of hydrogen-bond acceptors (Lipinski definition) is 3. The van der Waals surface area contributed by atoms with Gasteiger partial charge in [-0.05, 0) is 37.0 Å². The van der Waals surface area contributed by atoms with E-state index in [2.05, 4.69) is 11.8 Å². The third-order valence-corrected chi connectivity index (χ3v) is 3.85. The summed E-state index contributed by atoms with van der Waals surface area (Å²) in [6.07, 6.45) is 3.62. The van der Waals surface area contributed by atoms with Crippen LogP contribution in [0.4, 0.5) is 11.4 Å². The van der Waals surface area contributed by atoms with Gasteiger partial charge in [0.1, 0.15) is 0 Å². The summed E-state index contributed by atoms with van der Waals surface area (Å²) in [4.78, 5) is 13.5. The lowest BCUT2D eigenvalue weighted by Gasteiger charge is -2.34. The minimum atomic E-state index is -0.403. The van der Waals surface area contributed by atoms with Gasteiger partial charge in [0, 0.05) is 18.7 Å². The number of primary amides is 1. The molecule has 2 rings (SSSR count). The van der Waals surface area contributed by atoms with E-state index in [9.17, 15) is 4.79 Å². The van der Waals surface area contributed by atoms with E-state index >= 15 is 0 Å². The van der Waals surface area contributed by atoms with E-state index in [1.807, 2.05) is 6.07 Å². The van der Waals surface area contributed by atoms with Crippen molar-refractivity contribution in [3.63, 3.8) is 0 Å². The number of piperidine rings is 1. The van der Waals surface area contributed by atoms with Crippen molar-refractivity contribution in [3.05, 3.63) is 23.8 Å². The second kappa shape index (κ2) is 5.29. The first-order chi connectivity index (χ1) is 8.61. The van der Waals surface area contributed by atoms with E-state index in [1.165, 1.54) is 19.3 Å². The maximum atomic E-state index is 11.2. The summed E-state index contributed by atoms with van der Waals surface area (Å²) in [6, 6.07) is 5.26. The predicted octanol–water partition coefficient (Wildman–Crippen LogP) is 1.99. The third-order valence-electron chi connectivity index (χ3n) is 3.85. The lowest BCUT2D eigenvalue weighted by molar-refractivity contribution is 0.100. The molecule has 0 aromatic heterocycles. The molecule has 0 radical (unpaired) electrons. The summed E-state index contributed by atoms with van der Waals surface area (Å²) in [5, 5.41) is 0. The van der Waals surface area contributed by atoms with Gasteiger partial charge in [0.2, 0.25) is 5.91 Å². The van der Waals surface area contributed by atoms with E-state index in [-0.39, 0.29) is 0 Å². The van der Waals surface area contributed by atoms with Gasteiger partial charge in [-0.25, -0.2) is 0 Å². The average Bonchev–Trinajstić information content (AvgIpc) is 2.39. The summed E-state index contributed by atoms with van der Waals surface area (Å²) in [5.41, 5.74) is 13.5. The second-order valence-corrected chi connectivity index (χ2v) is 4.98. The highest BCUT2D eigenvalue weighted by Gasteiger charge is 2.20. The molecular weight excluding hydrogens is 226 g/mol. The summed E-state index contributed by atoms with van der Waals surface area (Å²) in [7, 11) is 0. The van der Waals surface area contributed by atoms with Crippen LogP contribution in [0.25, 0.3) is 0 Å². The van der Waals surface area contributed by atoms with E-state index in [0.29, 0.717) is 5.56 Å². The monoisotopic (exact) mass is 247 g/mol. The third kappa shape index (κ3) is 2.58. The van der Waals surface area contributed by atoms with E-state index in [0.717, 1.165) is 30.4 Å². The largest absolute Gasteiger partial charge is 0.397 e. The number of carbonyl (C=O) groups is 1. The summed E-state index contributed by atoms with van der Waals surface area (Å²) < 4.78 is 0. The zero-order valence-electron chi connectivity index (χ0n) is 10.9. The number of rotatable bonds is 3. The smallest absolute Gasteiger partial charge is 0.248 e. The number of nitrogens with two attached hydrogens (primary N) is 2. The highest BCUT2D eigenvalue weighted by Crippen LogP contribution is 2.29. The molecule has 0 aliphatic carbocycles. The van der Waals surface area contributed by atoms with Crippen LogP contribution >= 0.6 is 0 Å². The minimum Gasteiger partial charge on any atom is -0.397 e. The Hall–Kier alpha value is -1.71. The van der Waals surface area contributed by atoms with Gasteiger partial charge >= 0.3 is 0 Å². The average molecular weight is 247 g/mol. The first-order valence-corrected chi connectivity index (χ1v) is 6.56. The topological polar surface area (TPSA) is 72.3 Å². The SMILES string of the molecule is CCC1CCN(c2cc(C(N)=O)ccc2N)CC1. The molecule has 1 aliphatic rings. The number of carbonyl (C=O) groups excluding carboxylic acids is 1. The van der Waals surface area contributed by atoms with Gasteiger partial charge in [-0.3, -0.25) is 4.79 Å². The molecule has 1 saturated heterocycles. The van der Waals surface area contributed by atoms with Gasteiger partial charge in [0.05, 0.1) is 11.4 Å². The van der Waals surface area contributed by atoms with Gasteiger partial charge in [-0.15, -0.1) is 0 Å². The fourth-order valence-corrected chi connectivity index (χ4v) is 2.55. The fourth-order valence-electron chi connectivity index (χ4n) is 2.55. The lowest BCUT2D eigenvalue weighted by atomic mass is 9.94. The lowest BCUT2D eigenvalue weighted by Crippen LogP contribution is -2.34. The van der Waals surface area contributed by atoms with Crippen molar-refractivity contribution < 1.29 is 4.79 Å². The zero-order valence-corrected chi connectivity index (χ0v) is 10.9. The minimum absolute atomic E-state index is 0.403. The second-order valence-electron chi connectivity index (χ2n) is 4.98. The number of amides is 1. The number of hydrogen-bond donors (Lipinski definition) is 2. The Labute approximate surface area is 108 Å². The fraction of sp³-hybridized carbons (Fsp3) is 0.500. The van der Waals surface area contributed by atoms with Crippen molar-refractivity contribution in [2.24, 2.45) is 11.7 Å². The van der Waals surface area contributed by atoms with Gasteiger partial charge in [0.15, 0.2) is 0 Å². The molecule has 4 nitrogen and oxygen atoms in total. The van der Waals surface area contributed by atoms with E-state index in [4.69, 9.17) is 11.5 Å². The van der Waals surface area contributed by atoms with Crippen molar-refractivity contribution in [1.82, 2.24) is 0 Å². The first-order valence-electron chi connectivity index (χ1n) is 6.56. The van der Waals surface area contributed by atoms with Crippen LogP contribution in [0.5, 0.6) is 0 Å². The van der Waals surface area contributed by atoms with Crippen LogP contribution in [0, 0.1) is 5.92 Å². The molecular formula is C14H21N3O. The van der Waals surface area contributed by atoms with Gasteiger partial charge in [-0.2, -0.15) is 0 Å².